The molecule has 132 valence electrons. The molecule has 2 aromatic rings. The van der Waals surface area contributed by atoms with Gasteiger partial charge < -0.3 is 0 Å². The molecule has 0 aromatic heterocycles. The second-order valence-corrected chi connectivity index (χ2v) is 8.91. The lowest BCUT2D eigenvalue weighted by molar-refractivity contribution is 0.0962. The summed E-state index contributed by atoms with van der Waals surface area (Å²) >= 11 is 7.99. The Labute approximate surface area is 164 Å². The number of anilines is 1. The Morgan fingerprint density at radius 1 is 1.12 bits per heavy atom. The molecule has 25 heavy (non-hydrogen) atoms. The molecular formula is C16H15ClIN3O3S. The number of halogens is 2. The van der Waals surface area contributed by atoms with Gasteiger partial charge in [-0.15, -0.1) is 0 Å². The van der Waals surface area contributed by atoms with Crippen molar-refractivity contribution in [3.8, 4) is 0 Å². The van der Waals surface area contributed by atoms with Crippen molar-refractivity contribution in [2.24, 2.45) is 0 Å². The molecule has 0 saturated heterocycles. The number of rotatable bonds is 6. The zero-order chi connectivity index (χ0) is 18.0. The molecule has 6 nitrogen and oxygen atoms in total. The minimum absolute atomic E-state index is 0.0595. The van der Waals surface area contributed by atoms with Gasteiger partial charge in [-0.05, 0) is 77.9 Å². The topological polar surface area (TPSA) is 87.3 Å². The summed E-state index contributed by atoms with van der Waals surface area (Å²) < 4.78 is 27.6. The third-order valence-corrected chi connectivity index (χ3v) is 6.64. The zero-order valence-electron chi connectivity index (χ0n) is 12.9. The van der Waals surface area contributed by atoms with Crippen molar-refractivity contribution >= 4 is 55.8 Å². The lowest BCUT2D eigenvalue weighted by Crippen LogP contribution is -2.29. The van der Waals surface area contributed by atoms with Crippen molar-refractivity contribution in [2.45, 2.75) is 23.8 Å². The van der Waals surface area contributed by atoms with Crippen LogP contribution in [-0.2, 0) is 10.0 Å². The Hall–Kier alpha value is -1.36. The van der Waals surface area contributed by atoms with Crippen LogP contribution in [0, 0.1) is 3.57 Å². The Morgan fingerprint density at radius 3 is 2.40 bits per heavy atom. The molecule has 0 bridgehead atoms. The first-order chi connectivity index (χ1) is 11.8. The Morgan fingerprint density at radius 2 is 1.80 bits per heavy atom. The van der Waals surface area contributed by atoms with E-state index in [2.05, 4.69) is 38.2 Å². The molecule has 1 fully saturated rings. The zero-order valence-corrected chi connectivity index (χ0v) is 16.7. The fourth-order valence-electron chi connectivity index (χ4n) is 2.04. The van der Waals surface area contributed by atoms with Crippen molar-refractivity contribution in [2.75, 3.05) is 5.43 Å². The van der Waals surface area contributed by atoms with E-state index in [1.165, 1.54) is 12.1 Å². The first-order valence-electron chi connectivity index (χ1n) is 7.49. The molecule has 0 heterocycles. The summed E-state index contributed by atoms with van der Waals surface area (Å²) in [6, 6.07) is 11.2. The molecule has 0 aliphatic heterocycles. The highest BCUT2D eigenvalue weighted by Gasteiger charge is 2.27. The third-order valence-electron chi connectivity index (χ3n) is 3.57. The van der Waals surface area contributed by atoms with Gasteiger partial charge >= 0.3 is 0 Å². The average molecular weight is 492 g/mol. The number of carbonyl (C=O) groups excluding carboxylic acids is 1. The summed E-state index contributed by atoms with van der Waals surface area (Å²) in [4.78, 5) is 12.3. The highest BCUT2D eigenvalue weighted by atomic mass is 127. The van der Waals surface area contributed by atoms with E-state index >= 15 is 0 Å². The lowest BCUT2D eigenvalue weighted by atomic mass is 10.2. The average Bonchev–Trinajstić information content (AvgIpc) is 3.39. The molecule has 1 amide bonds. The van der Waals surface area contributed by atoms with E-state index < -0.39 is 10.0 Å². The monoisotopic (exact) mass is 491 g/mol. The number of benzene rings is 2. The van der Waals surface area contributed by atoms with Gasteiger partial charge in [0.2, 0.25) is 10.0 Å². The summed E-state index contributed by atoms with van der Waals surface area (Å²) in [5, 5.41) is 0.585. The van der Waals surface area contributed by atoms with Crippen LogP contribution >= 0.6 is 34.2 Å². The Balaban J connectivity index is 1.61. The third kappa shape index (κ3) is 4.84. The normalized spacial score (nSPS) is 14.2. The molecule has 9 heteroatoms. The molecule has 0 unspecified atom stereocenters. The van der Waals surface area contributed by atoms with Gasteiger partial charge in [0.05, 0.1) is 15.6 Å². The van der Waals surface area contributed by atoms with Crippen LogP contribution in [0.3, 0.4) is 0 Å². The molecule has 3 N–H and O–H groups in total. The van der Waals surface area contributed by atoms with Gasteiger partial charge in [0.1, 0.15) is 0 Å². The highest BCUT2D eigenvalue weighted by Crippen LogP contribution is 2.23. The lowest BCUT2D eigenvalue weighted by Gasteiger charge is -2.10. The number of amides is 1. The second-order valence-electron chi connectivity index (χ2n) is 5.63. The maximum atomic E-state index is 12.1. The maximum Gasteiger partial charge on any atom is 0.269 e. The molecule has 1 aliphatic rings. The van der Waals surface area contributed by atoms with Gasteiger partial charge in [0.15, 0.2) is 0 Å². The van der Waals surface area contributed by atoms with Crippen molar-refractivity contribution in [3.05, 3.63) is 56.6 Å². The number of hydrazine groups is 1. The summed E-state index contributed by atoms with van der Waals surface area (Å²) in [6.07, 6.45) is 1.77. The molecule has 1 saturated carbocycles. The molecule has 0 atom stereocenters. The van der Waals surface area contributed by atoms with E-state index in [-0.39, 0.29) is 16.8 Å². The predicted octanol–water partition coefficient (Wildman–Crippen LogP) is 3.14. The van der Waals surface area contributed by atoms with Crippen molar-refractivity contribution in [1.82, 2.24) is 10.1 Å². The van der Waals surface area contributed by atoms with Crippen LogP contribution in [0.2, 0.25) is 5.02 Å². The number of nitrogens with one attached hydrogen (secondary N) is 3. The van der Waals surface area contributed by atoms with Crippen LogP contribution in [0.4, 0.5) is 5.69 Å². The first kappa shape index (κ1) is 18.4. The predicted molar refractivity (Wildman–Crippen MR) is 105 cm³/mol. The number of sulfonamides is 1. The van der Waals surface area contributed by atoms with E-state index in [1.807, 2.05) is 0 Å². The summed E-state index contributed by atoms with van der Waals surface area (Å²) in [5.41, 5.74) is 6.36. The Kier molecular flexibility index (Phi) is 5.52. The summed E-state index contributed by atoms with van der Waals surface area (Å²) in [7, 11) is -3.48. The molecule has 0 radical (unpaired) electrons. The van der Waals surface area contributed by atoms with Crippen LogP contribution in [0.5, 0.6) is 0 Å². The maximum absolute atomic E-state index is 12.1. The van der Waals surface area contributed by atoms with Gasteiger partial charge in [-0.25, -0.2) is 13.1 Å². The largest absolute Gasteiger partial charge is 0.298 e. The van der Waals surface area contributed by atoms with Gasteiger partial charge in [-0.1, -0.05) is 11.6 Å². The van der Waals surface area contributed by atoms with Crippen LogP contribution in [0.15, 0.2) is 47.4 Å². The van der Waals surface area contributed by atoms with E-state index in [1.54, 1.807) is 30.3 Å². The first-order valence-corrected chi connectivity index (χ1v) is 10.4. The second kappa shape index (κ2) is 7.48. The van der Waals surface area contributed by atoms with Crippen LogP contribution < -0.4 is 15.6 Å². The quantitative estimate of drug-likeness (QED) is 0.428. The van der Waals surface area contributed by atoms with Gasteiger partial charge in [-0.2, -0.15) is 0 Å². The van der Waals surface area contributed by atoms with Crippen LogP contribution in [0.25, 0.3) is 0 Å². The van der Waals surface area contributed by atoms with Crippen molar-refractivity contribution < 1.29 is 13.2 Å². The van der Waals surface area contributed by atoms with Gasteiger partial charge in [0, 0.05) is 15.2 Å². The SMILES string of the molecule is O=C(NNc1ccc(S(=O)(=O)NC2CC2)cc1)c1ccc(Cl)c(I)c1. The molecule has 2 aromatic carbocycles. The Bertz CT molecular complexity index is 899. The smallest absolute Gasteiger partial charge is 0.269 e. The minimum atomic E-state index is -3.48. The van der Waals surface area contributed by atoms with Gasteiger partial charge in [0.25, 0.3) is 5.91 Å². The van der Waals surface area contributed by atoms with E-state index in [0.717, 1.165) is 16.4 Å². The van der Waals surface area contributed by atoms with E-state index in [9.17, 15) is 13.2 Å². The molecule has 1 aliphatic carbocycles. The highest BCUT2D eigenvalue weighted by molar-refractivity contribution is 14.1. The minimum Gasteiger partial charge on any atom is -0.298 e. The molecular weight excluding hydrogens is 477 g/mol. The van der Waals surface area contributed by atoms with Gasteiger partial charge in [-0.3, -0.25) is 15.6 Å². The summed E-state index contributed by atoms with van der Waals surface area (Å²) in [5.74, 6) is -0.318. The van der Waals surface area contributed by atoms with E-state index in [4.69, 9.17) is 11.6 Å². The molecule has 3 rings (SSSR count). The van der Waals surface area contributed by atoms with Crippen LogP contribution in [-0.4, -0.2) is 20.4 Å². The van der Waals surface area contributed by atoms with Crippen molar-refractivity contribution in [1.29, 1.82) is 0 Å². The fraction of sp³-hybridized carbons (Fsp3) is 0.188. The van der Waals surface area contributed by atoms with E-state index in [0.29, 0.717) is 16.3 Å². The summed E-state index contributed by atoms with van der Waals surface area (Å²) in [6.45, 7) is 0. The fourth-order valence-corrected chi connectivity index (χ4v) is 3.98. The number of carbonyl (C=O) groups is 1. The van der Waals surface area contributed by atoms with Crippen molar-refractivity contribution in [3.63, 3.8) is 0 Å². The molecule has 0 spiro atoms. The number of hydrogen-bond acceptors (Lipinski definition) is 4. The van der Waals surface area contributed by atoms with Crippen LogP contribution in [0.1, 0.15) is 23.2 Å². The standard InChI is InChI=1S/C16H15ClIN3O3S/c17-14-8-1-10(9-15(14)18)16(22)20-19-11-4-6-13(7-5-11)25(23,24)21-12-2-3-12/h1,4-9,12,19,21H,2-3H2,(H,20,22). The number of hydrogen-bond donors (Lipinski definition) is 3.